The van der Waals surface area contributed by atoms with Gasteiger partial charge in [0.1, 0.15) is 23.2 Å². The number of hydrogen-bond donors (Lipinski definition) is 0. The predicted octanol–water partition coefficient (Wildman–Crippen LogP) is 1.57. The summed E-state index contributed by atoms with van der Waals surface area (Å²) in [6.45, 7) is 2.13. The Morgan fingerprint density at radius 3 is 1.09 bits per heavy atom. The fraction of sp³-hybridized carbons (Fsp3) is 0.100. The molecule has 0 radical (unpaired) electrons. The monoisotopic (exact) mass is 360 g/mol. The van der Waals surface area contributed by atoms with Crippen LogP contribution in [0, 0.1) is 0 Å². The fourth-order valence-corrected chi connectivity index (χ4v) is 8.12. The number of halogens is 2. The Balaban J connectivity index is 0.00000192. The van der Waals surface area contributed by atoms with Crippen molar-refractivity contribution in [2.45, 2.75) is 12.0 Å². The minimum absolute atomic E-state index is 0. The van der Waals surface area contributed by atoms with Gasteiger partial charge in [0.05, 0.1) is 0 Å². The first-order valence-electron chi connectivity index (χ1n) is 7.46. The summed E-state index contributed by atoms with van der Waals surface area (Å²) in [5, 5.41) is 4.01. The maximum absolute atomic E-state index is 6.85. The molecule has 0 nitrogen and oxygen atoms in total. The third-order valence-corrected chi connectivity index (χ3v) is 9.31. The molecule has 118 valence electrons. The molecule has 0 fully saturated rings. The van der Waals surface area contributed by atoms with Gasteiger partial charge in [0.2, 0.25) is 0 Å². The molecule has 3 heteroatoms. The van der Waals surface area contributed by atoms with Crippen LogP contribution in [0.25, 0.3) is 0 Å². The summed E-state index contributed by atoms with van der Waals surface area (Å²) < 4.78 is 0. The van der Waals surface area contributed by atoms with Crippen molar-refractivity contribution in [1.82, 2.24) is 0 Å². The smallest absolute Gasteiger partial charge is 0.153 e. The SMILES string of the molecule is CC(Cl)[P+](c1ccccc1)(c1ccccc1)c1ccccc1.[Cl-]. The maximum Gasteiger partial charge on any atom is 0.153 e. The minimum Gasteiger partial charge on any atom is -1.00 e. The predicted molar refractivity (Wildman–Crippen MR) is 100 cm³/mol. The summed E-state index contributed by atoms with van der Waals surface area (Å²) >= 11 is 6.85. The van der Waals surface area contributed by atoms with Crippen molar-refractivity contribution in [1.29, 1.82) is 0 Å². The van der Waals surface area contributed by atoms with E-state index in [2.05, 4.69) is 97.9 Å². The molecule has 1 unspecified atom stereocenters. The Morgan fingerprint density at radius 1 is 0.609 bits per heavy atom. The van der Waals surface area contributed by atoms with Gasteiger partial charge in [-0.15, -0.1) is 0 Å². The lowest BCUT2D eigenvalue weighted by Crippen LogP contribution is -3.00. The van der Waals surface area contributed by atoms with Crippen LogP contribution < -0.4 is 28.3 Å². The Labute approximate surface area is 150 Å². The van der Waals surface area contributed by atoms with E-state index in [1.807, 2.05) is 0 Å². The normalized spacial score (nSPS) is 12.3. The van der Waals surface area contributed by atoms with Gasteiger partial charge in [0.25, 0.3) is 0 Å². The van der Waals surface area contributed by atoms with Gasteiger partial charge in [-0.05, 0) is 43.3 Å². The molecule has 0 aromatic heterocycles. The van der Waals surface area contributed by atoms with Crippen molar-refractivity contribution in [2.24, 2.45) is 0 Å². The Hall–Kier alpha value is -1.33. The summed E-state index contributed by atoms with van der Waals surface area (Å²) in [4.78, 5) is 0. The highest BCUT2D eigenvalue weighted by atomic mass is 35.5. The molecule has 0 N–H and O–H groups in total. The maximum atomic E-state index is 6.85. The highest BCUT2D eigenvalue weighted by Crippen LogP contribution is 2.60. The summed E-state index contributed by atoms with van der Waals surface area (Å²) in [5.41, 5.74) is 0. The summed E-state index contributed by atoms with van der Waals surface area (Å²) in [6, 6.07) is 32.1. The van der Waals surface area contributed by atoms with Crippen LogP contribution in [0.4, 0.5) is 0 Å². The van der Waals surface area contributed by atoms with Crippen molar-refractivity contribution in [3.63, 3.8) is 0 Å². The standard InChI is InChI=1S/C20H19ClP.ClH/c1-17(21)22(18-11-5-2-6-12-18,19-13-7-3-8-14-19)20-15-9-4-10-16-20;/h2-17H,1H3;1H/q+1;/p-1. The lowest BCUT2D eigenvalue weighted by molar-refractivity contribution is -0.00000420. The highest BCUT2D eigenvalue weighted by Gasteiger charge is 2.49. The molecule has 3 rings (SSSR count). The van der Waals surface area contributed by atoms with Gasteiger partial charge in [-0.1, -0.05) is 66.2 Å². The lowest BCUT2D eigenvalue weighted by atomic mass is 10.4. The molecule has 0 bridgehead atoms. The molecule has 3 aromatic carbocycles. The third kappa shape index (κ3) is 3.31. The highest BCUT2D eigenvalue weighted by molar-refractivity contribution is 7.97. The van der Waals surface area contributed by atoms with Crippen LogP contribution in [-0.4, -0.2) is 5.12 Å². The van der Waals surface area contributed by atoms with Gasteiger partial charge in [0.15, 0.2) is 5.12 Å². The molecule has 3 aromatic rings. The Bertz CT molecular complexity index is 616. The third-order valence-electron chi connectivity index (χ3n) is 4.02. The van der Waals surface area contributed by atoms with Gasteiger partial charge in [-0.3, -0.25) is 0 Å². The van der Waals surface area contributed by atoms with E-state index < -0.39 is 7.26 Å². The molecule has 0 heterocycles. The average molecular weight is 361 g/mol. The van der Waals surface area contributed by atoms with Crippen LogP contribution in [0.15, 0.2) is 91.0 Å². The van der Waals surface area contributed by atoms with Crippen molar-refractivity contribution in [2.75, 3.05) is 0 Å². The molecule has 0 aliphatic carbocycles. The van der Waals surface area contributed by atoms with Crippen molar-refractivity contribution < 1.29 is 12.4 Å². The molecule has 0 spiro atoms. The van der Waals surface area contributed by atoms with E-state index in [0.29, 0.717) is 0 Å². The minimum atomic E-state index is -1.86. The number of hydrogen-bond acceptors (Lipinski definition) is 0. The van der Waals surface area contributed by atoms with E-state index in [-0.39, 0.29) is 17.5 Å². The van der Waals surface area contributed by atoms with E-state index in [4.69, 9.17) is 11.6 Å². The van der Waals surface area contributed by atoms with Crippen LogP contribution in [0.2, 0.25) is 0 Å². The second kappa shape index (κ2) is 7.97. The van der Waals surface area contributed by atoms with Crippen molar-refractivity contribution >= 4 is 34.8 Å². The number of benzene rings is 3. The molecular formula is C20H19Cl2P. The zero-order valence-electron chi connectivity index (χ0n) is 12.9. The van der Waals surface area contributed by atoms with Crippen LogP contribution >= 0.6 is 18.9 Å². The molecule has 0 saturated carbocycles. The summed E-state index contributed by atoms with van der Waals surface area (Å²) in [7, 11) is -1.86. The second-order valence-corrected chi connectivity index (χ2v) is 10.0. The Morgan fingerprint density at radius 2 is 0.870 bits per heavy atom. The largest absolute Gasteiger partial charge is 1.00 e. The van der Waals surface area contributed by atoms with Gasteiger partial charge >= 0.3 is 0 Å². The molecule has 0 saturated heterocycles. The lowest BCUT2D eigenvalue weighted by Gasteiger charge is -2.29. The number of alkyl halides is 1. The Kier molecular flexibility index (Phi) is 6.25. The first-order valence-corrected chi connectivity index (χ1v) is 9.75. The van der Waals surface area contributed by atoms with Gasteiger partial charge in [0, 0.05) is 0 Å². The van der Waals surface area contributed by atoms with Crippen LogP contribution in [0.1, 0.15) is 6.92 Å². The second-order valence-electron chi connectivity index (χ2n) is 5.30. The van der Waals surface area contributed by atoms with E-state index in [0.717, 1.165) is 0 Å². The van der Waals surface area contributed by atoms with Gasteiger partial charge < -0.3 is 12.4 Å². The van der Waals surface area contributed by atoms with Gasteiger partial charge in [-0.25, -0.2) is 0 Å². The topological polar surface area (TPSA) is 0 Å². The van der Waals surface area contributed by atoms with Crippen LogP contribution in [-0.2, 0) is 0 Å². The fourth-order valence-electron chi connectivity index (χ4n) is 3.05. The molecule has 0 aliphatic rings. The van der Waals surface area contributed by atoms with E-state index in [9.17, 15) is 0 Å². The van der Waals surface area contributed by atoms with Crippen molar-refractivity contribution in [3.05, 3.63) is 91.0 Å². The summed E-state index contributed by atoms with van der Waals surface area (Å²) in [5.74, 6) is 0. The van der Waals surface area contributed by atoms with E-state index in [1.54, 1.807) is 0 Å². The van der Waals surface area contributed by atoms with E-state index in [1.165, 1.54) is 15.9 Å². The summed E-state index contributed by atoms with van der Waals surface area (Å²) in [6.07, 6.45) is 0. The molecule has 1 atom stereocenters. The first kappa shape index (κ1) is 18.0. The quantitative estimate of drug-likeness (QED) is 0.489. The number of rotatable bonds is 4. The molecule has 0 amide bonds. The molecular weight excluding hydrogens is 342 g/mol. The first-order chi connectivity index (χ1) is 10.8. The van der Waals surface area contributed by atoms with Gasteiger partial charge in [-0.2, -0.15) is 0 Å². The molecule has 0 aliphatic heterocycles. The van der Waals surface area contributed by atoms with Crippen molar-refractivity contribution in [3.8, 4) is 0 Å². The molecule has 23 heavy (non-hydrogen) atoms. The average Bonchev–Trinajstić information content (AvgIpc) is 2.58. The zero-order chi connectivity index (χ0) is 15.4. The van der Waals surface area contributed by atoms with Crippen LogP contribution in [0.3, 0.4) is 0 Å². The zero-order valence-corrected chi connectivity index (χ0v) is 15.3. The van der Waals surface area contributed by atoms with Crippen LogP contribution in [0.5, 0.6) is 0 Å². The van der Waals surface area contributed by atoms with E-state index >= 15 is 0 Å².